The molecule has 0 unspecified atom stereocenters. The SMILES string of the molecule is CSCCNCCSC. The Bertz CT molecular complexity index is 44.3. The minimum Gasteiger partial charge on any atom is -0.315 e. The zero-order chi connectivity index (χ0) is 6.95. The average molecular weight is 165 g/mol. The summed E-state index contributed by atoms with van der Waals surface area (Å²) in [5.41, 5.74) is 0. The molecule has 1 N–H and O–H groups in total. The van der Waals surface area contributed by atoms with Crippen LogP contribution in [0.4, 0.5) is 0 Å². The first-order chi connectivity index (χ1) is 4.41. The minimum absolute atomic E-state index is 1.15. The second kappa shape index (κ2) is 8.66. The van der Waals surface area contributed by atoms with E-state index in [1.54, 1.807) is 0 Å². The summed E-state index contributed by atoms with van der Waals surface area (Å²) in [5, 5.41) is 3.35. The van der Waals surface area contributed by atoms with Crippen molar-refractivity contribution in [3.63, 3.8) is 0 Å². The smallest absolute Gasteiger partial charge is 0.00553 e. The Hall–Kier alpha value is 0.660. The van der Waals surface area contributed by atoms with Crippen LogP contribution in [0.15, 0.2) is 0 Å². The second-order valence-corrected chi connectivity index (χ2v) is 3.71. The molecule has 0 heterocycles. The predicted molar refractivity (Wildman–Crippen MR) is 49.6 cm³/mol. The van der Waals surface area contributed by atoms with E-state index in [1.807, 2.05) is 23.5 Å². The van der Waals surface area contributed by atoms with Gasteiger partial charge in [0.1, 0.15) is 0 Å². The van der Waals surface area contributed by atoms with Crippen LogP contribution in [0.25, 0.3) is 0 Å². The van der Waals surface area contributed by atoms with E-state index in [9.17, 15) is 0 Å². The van der Waals surface area contributed by atoms with Crippen LogP contribution in [0.2, 0.25) is 0 Å². The molecule has 0 saturated heterocycles. The van der Waals surface area contributed by atoms with Crippen molar-refractivity contribution in [3.05, 3.63) is 0 Å². The molecule has 0 aromatic rings. The molecule has 0 spiro atoms. The van der Waals surface area contributed by atoms with Crippen molar-refractivity contribution in [2.45, 2.75) is 0 Å². The fourth-order valence-corrected chi connectivity index (χ4v) is 1.17. The summed E-state index contributed by atoms with van der Waals surface area (Å²) in [7, 11) is 0. The quantitative estimate of drug-likeness (QED) is 0.596. The molecule has 0 saturated carbocycles. The van der Waals surface area contributed by atoms with Crippen LogP contribution in [0, 0.1) is 0 Å². The minimum atomic E-state index is 1.15. The van der Waals surface area contributed by atoms with E-state index in [0.717, 1.165) is 13.1 Å². The lowest BCUT2D eigenvalue weighted by Gasteiger charge is -1.99. The molecule has 1 nitrogen and oxygen atoms in total. The van der Waals surface area contributed by atoms with E-state index < -0.39 is 0 Å². The lowest BCUT2D eigenvalue weighted by atomic mass is 10.7. The lowest BCUT2D eigenvalue weighted by molar-refractivity contribution is 0.775. The Morgan fingerprint density at radius 1 is 1.00 bits per heavy atom. The molecule has 3 heteroatoms. The third-order valence-corrected chi connectivity index (χ3v) is 2.19. The summed E-state index contributed by atoms with van der Waals surface area (Å²) in [6, 6.07) is 0. The fraction of sp³-hybridized carbons (Fsp3) is 1.00. The number of hydrogen-bond donors (Lipinski definition) is 1. The molecular formula is C6H15NS2. The van der Waals surface area contributed by atoms with Gasteiger partial charge in [-0.15, -0.1) is 0 Å². The van der Waals surface area contributed by atoms with Crippen molar-refractivity contribution in [2.75, 3.05) is 37.1 Å². The fourth-order valence-electron chi connectivity index (χ4n) is 0.473. The normalized spacial score (nSPS) is 10.0. The lowest BCUT2D eigenvalue weighted by Crippen LogP contribution is -2.19. The molecular weight excluding hydrogens is 150 g/mol. The van der Waals surface area contributed by atoms with Crippen LogP contribution in [0.1, 0.15) is 0 Å². The molecule has 0 fully saturated rings. The van der Waals surface area contributed by atoms with Crippen molar-refractivity contribution in [1.82, 2.24) is 5.32 Å². The highest BCUT2D eigenvalue weighted by Gasteiger charge is 1.83. The van der Waals surface area contributed by atoms with Gasteiger partial charge in [0.25, 0.3) is 0 Å². The van der Waals surface area contributed by atoms with E-state index >= 15 is 0 Å². The Kier molecular flexibility index (Phi) is 9.30. The van der Waals surface area contributed by atoms with Crippen LogP contribution in [-0.4, -0.2) is 37.1 Å². The van der Waals surface area contributed by atoms with Crippen molar-refractivity contribution < 1.29 is 0 Å². The number of rotatable bonds is 6. The van der Waals surface area contributed by atoms with Gasteiger partial charge >= 0.3 is 0 Å². The van der Waals surface area contributed by atoms with Crippen LogP contribution < -0.4 is 5.32 Å². The average Bonchev–Trinajstić information content (AvgIpc) is 1.89. The maximum Gasteiger partial charge on any atom is 0.00553 e. The van der Waals surface area contributed by atoms with Crippen LogP contribution in [0.3, 0.4) is 0 Å². The topological polar surface area (TPSA) is 12.0 Å². The molecule has 56 valence electrons. The van der Waals surface area contributed by atoms with Gasteiger partial charge in [-0.25, -0.2) is 0 Å². The molecule has 0 aromatic heterocycles. The first-order valence-corrected chi connectivity index (χ1v) is 5.89. The van der Waals surface area contributed by atoms with E-state index in [2.05, 4.69) is 17.8 Å². The van der Waals surface area contributed by atoms with Gasteiger partial charge in [0.15, 0.2) is 0 Å². The van der Waals surface area contributed by atoms with E-state index in [0.29, 0.717) is 0 Å². The molecule has 0 aliphatic rings. The van der Waals surface area contributed by atoms with Gasteiger partial charge in [-0.3, -0.25) is 0 Å². The number of thioether (sulfide) groups is 2. The summed E-state index contributed by atoms with van der Waals surface area (Å²) < 4.78 is 0. The molecule has 0 amide bonds. The van der Waals surface area contributed by atoms with Gasteiger partial charge in [-0.05, 0) is 12.5 Å². The monoisotopic (exact) mass is 165 g/mol. The first-order valence-electron chi connectivity index (χ1n) is 3.10. The van der Waals surface area contributed by atoms with Crippen LogP contribution >= 0.6 is 23.5 Å². The second-order valence-electron chi connectivity index (χ2n) is 1.74. The van der Waals surface area contributed by atoms with Gasteiger partial charge in [-0.2, -0.15) is 23.5 Å². The van der Waals surface area contributed by atoms with Crippen molar-refractivity contribution >= 4 is 23.5 Å². The standard InChI is InChI=1S/C6H15NS2/c1-8-5-3-7-4-6-9-2/h7H,3-6H2,1-2H3. The molecule has 0 radical (unpaired) electrons. The maximum atomic E-state index is 3.35. The largest absolute Gasteiger partial charge is 0.315 e. The Balaban J connectivity index is 2.60. The summed E-state index contributed by atoms with van der Waals surface area (Å²) in [6.45, 7) is 2.31. The summed E-state index contributed by atoms with van der Waals surface area (Å²) in [6.07, 6.45) is 4.27. The molecule has 0 rings (SSSR count). The third kappa shape index (κ3) is 8.66. The summed E-state index contributed by atoms with van der Waals surface area (Å²) in [4.78, 5) is 0. The Labute approximate surface area is 66.4 Å². The van der Waals surface area contributed by atoms with Gasteiger partial charge in [-0.1, -0.05) is 0 Å². The molecule has 9 heavy (non-hydrogen) atoms. The molecule has 0 atom stereocenters. The van der Waals surface area contributed by atoms with E-state index in [4.69, 9.17) is 0 Å². The highest BCUT2D eigenvalue weighted by Crippen LogP contribution is 1.89. The predicted octanol–water partition coefficient (Wildman–Crippen LogP) is 1.30. The highest BCUT2D eigenvalue weighted by molar-refractivity contribution is 7.98. The van der Waals surface area contributed by atoms with Gasteiger partial charge in [0.2, 0.25) is 0 Å². The summed E-state index contributed by atoms with van der Waals surface area (Å²) >= 11 is 3.78. The Morgan fingerprint density at radius 2 is 1.44 bits per heavy atom. The van der Waals surface area contributed by atoms with Gasteiger partial charge < -0.3 is 5.32 Å². The summed E-state index contributed by atoms with van der Waals surface area (Å²) in [5.74, 6) is 2.46. The molecule has 0 aliphatic heterocycles. The van der Waals surface area contributed by atoms with Crippen molar-refractivity contribution in [3.8, 4) is 0 Å². The zero-order valence-corrected chi connectivity index (χ0v) is 7.78. The van der Waals surface area contributed by atoms with Crippen LogP contribution in [0.5, 0.6) is 0 Å². The van der Waals surface area contributed by atoms with Gasteiger partial charge in [0, 0.05) is 24.6 Å². The van der Waals surface area contributed by atoms with E-state index in [1.165, 1.54) is 11.5 Å². The molecule has 0 aromatic carbocycles. The maximum absolute atomic E-state index is 3.35. The van der Waals surface area contributed by atoms with Gasteiger partial charge in [0.05, 0.1) is 0 Å². The zero-order valence-electron chi connectivity index (χ0n) is 6.14. The van der Waals surface area contributed by atoms with E-state index in [-0.39, 0.29) is 0 Å². The van der Waals surface area contributed by atoms with Crippen LogP contribution in [-0.2, 0) is 0 Å². The molecule has 0 aliphatic carbocycles. The Morgan fingerprint density at radius 3 is 1.78 bits per heavy atom. The van der Waals surface area contributed by atoms with Crippen molar-refractivity contribution in [2.24, 2.45) is 0 Å². The molecule has 0 bridgehead atoms. The highest BCUT2D eigenvalue weighted by atomic mass is 32.2. The van der Waals surface area contributed by atoms with Crippen molar-refractivity contribution in [1.29, 1.82) is 0 Å². The number of hydrogen-bond acceptors (Lipinski definition) is 3. The number of nitrogens with one attached hydrogen (secondary N) is 1. The third-order valence-electron chi connectivity index (χ3n) is 0.966. The first kappa shape index (κ1) is 9.66.